The van der Waals surface area contributed by atoms with Crippen LogP contribution in [0.25, 0.3) is 0 Å². The zero-order valence-corrected chi connectivity index (χ0v) is 20.5. The van der Waals surface area contributed by atoms with E-state index in [2.05, 4.69) is 60.3 Å². The fourth-order valence-corrected chi connectivity index (χ4v) is 5.21. The second-order valence-corrected chi connectivity index (χ2v) is 9.75. The number of amides is 1. The van der Waals surface area contributed by atoms with Crippen LogP contribution in [0.15, 0.2) is 58.2 Å². The number of nitrogens with zero attached hydrogens (tertiary/aromatic N) is 3. The molecule has 1 aliphatic carbocycles. The van der Waals surface area contributed by atoms with E-state index in [0.717, 1.165) is 39.8 Å². The first-order chi connectivity index (χ1) is 15.6. The van der Waals surface area contributed by atoms with Crippen molar-refractivity contribution < 1.29 is 9.53 Å². The van der Waals surface area contributed by atoms with Crippen molar-refractivity contribution in [3.8, 4) is 5.75 Å². The number of nitrogens with one attached hydrogen (secondary N) is 1. The van der Waals surface area contributed by atoms with Crippen molar-refractivity contribution in [3.63, 3.8) is 0 Å². The molecule has 1 N–H and O–H groups in total. The molecule has 32 heavy (non-hydrogen) atoms. The van der Waals surface area contributed by atoms with Crippen molar-refractivity contribution >= 4 is 33.6 Å². The number of hydrogen-bond acceptors (Lipinski definition) is 5. The Morgan fingerprint density at radius 2 is 1.81 bits per heavy atom. The number of carbonyl (C=O) groups excluding carboxylic acids is 1. The Morgan fingerprint density at radius 3 is 2.50 bits per heavy atom. The summed E-state index contributed by atoms with van der Waals surface area (Å²) in [5.41, 5.74) is 1.84. The molecule has 0 unspecified atom stereocenters. The van der Waals surface area contributed by atoms with Gasteiger partial charge in [-0.1, -0.05) is 59.1 Å². The van der Waals surface area contributed by atoms with E-state index in [4.69, 9.17) is 4.74 Å². The predicted octanol–water partition coefficient (Wildman–Crippen LogP) is 5.78. The van der Waals surface area contributed by atoms with Crippen LogP contribution in [0, 0.1) is 0 Å². The van der Waals surface area contributed by atoms with E-state index >= 15 is 0 Å². The average molecular weight is 515 g/mol. The minimum atomic E-state index is -0.130. The van der Waals surface area contributed by atoms with Crippen molar-refractivity contribution in [3.05, 3.63) is 70.0 Å². The van der Waals surface area contributed by atoms with Gasteiger partial charge in [-0.05, 0) is 54.8 Å². The first kappa shape index (κ1) is 22.9. The maximum absolute atomic E-state index is 12.6. The summed E-state index contributed by atoms with van der Waals surface area (Å²) in [5.74, 6) is 2.24. The summed E-state index contributed by atoms with van der Waals surface area (Å²) in [6.07, 6.45) is 5.98. The van der Waals surface area contributed by atoms with E-state index < -0.39 is 0 Å². The average Bonchev–Trinajstić information content (AvgIpc) is 3.25. The Balaban J connectivity index is 1.47. The Morgan fingerprint density at radius 1 is 1.09 bits per heavy atom. The first-order valence-corrected chi connectivity index (χ1v) is 12.6. The molecule has 0 spiro atoms. The molecule has 1 heterocycles. The van der Waals surface area contributed by atoms with Gasteiger partial charge in [-0.25, -0.2) is 0 Å². The van der Waals surface area contributed by atoms with Crippen molar-refractivity contribution in [2.24, 2.45) is 0 Å². The number of hydrogen-bond donors (Lipinski definition) is 1. The lowest BCUT2D eigenvalue weighted by Crippen LogP contribution is -2.26. The quantitative estimate of drug-likeness (QED) is 0.386. The van der Waals surface area contributed by atoms with Crippen LogP contribution in [0.4, 0.5) is 0 Å². The van der Waals surface area contributed by atoms with E-state index in [-0.39, 0.29) is 5.91 Å². The lowest BCUT2D eigenvalue weighted by Gasteiger charge is -2.25. The highest BCUT2D eigenvalue weighted by Gasteiger charge is 2.23. The normalized spacial score (nSPS) is 14.3. The second kappa shape index (κ2) is 11.0. The molecule has 168 valence electrons. The number of methoxy groups -OCH3 is 1. The van der Waals surface area contributed by atoms with Gasteiger partial charge in [-0.2, -0.15) is 0 Å². The standard InChI is InChI=1S/C24H27BrN4O2S/c1-31-21-13-9-18(10-14-21)23(30)26-15-22-27-28-24(29(22)20-5-3-2-4-6-20)32-16-17-7-11-19(25)12-8-17/h7-14,20H,2-6,15-16H2,1H3,(H,26,30). The molecule has 3 aromatic rings. The van der Waals surface area contributed by atoms with Crippen molar-refractivity contribution in [2.45, 2.75) is 55.6 Å². The molecular formula is C24H27BrN4O2S. The van der Waals surface area contributed by atoms with Crippen LogP contribution in [0.5, 0.6) is 5.75 Å². The van der Waals surface area contributed by atoms with Gasteiger partial charge in [-0.3, -0.25) is 4.79 Å². The van der Waals surface area contributed by atoms with Crippen LogP contribution in [-0.4, -0.2) is 27.8 Å². The molecule has 6 nitrogen and oxygen atoms in total. The largest absolute Gasteiger partial charge is 0.497 e. The molecule has 1 fully saturated rings. The summed E-state index contributed by atoms with van der Waals surface area (Å²) in [6.45, 7) is 0.354. The molecule has 2 aromatic carbocycles. The fourth-order valence-electron chi connectivity index (χ4n) is 3.96. The third kappa shape index (κ3) is 5.72. The lowest BCUT2D eigenvalue weighted by atomic mass is 9.95. The summed E-state index contributed by atoms with van der Waals surface area (Å²) in [6, 6.07) is 15.8. The Hall–Kier alpha value is -2.32. The molecule has 0 aliphatic heterocycles. The van der Waals surface area contributed by atoms with Gasteiger partial charge in [0, 0.05) is 21.8 Å². The Kier molecular flexibility index (Phi) is 7.86. The van der Waals surface area contributed by atoms with E-state index in [0.29, 0.717) is 18.2 Å². The SMILES string of the molecule is COc1ccc(C(=O)NCc2nnc(SCc3ccc(Br)cc3)n2C2CCCCC2)cc1. The highest BCUT2D eigenvalue weighted by Crippen LogP contribution is 2.33. The molecule has 1 saturated carbocycles. The maximum atomic E-state index is 12.6. The summed E-state index contributed by atoms with van der Waals surface area (Å²) >= 11 is 5.19. The van der Waals surface area contributed by atoms with Crippen molar-refractivity contribution in [1.29, 1.82) is 0 Å². The number of thioether (sulfide) groups is 1. The van der Waals surface area contributed by atoms with Crippen molar-refractivity contribution in [2.75, 3.05) is 7.11 Å². The zero-order chi connectivity index (χ0) is 22.3. The predicted molar refractivity (Wildman–Crippen MR) is 130 cm³/mol. The molecule has 8 heteroatoms. The minimum Gasteiger partial charge on any atom is -0.497 e. The monoisotopic (exact) mass is 514 g/mol. The Labute approximate surface area is 201 Å². The van der Waals surface area contributed by atoms with Gasteiger partial charge in [0.05, 0.1) is 13.7 Å². The van der Waals surface area contributed by atoms with Crippen LogP contribution in [0.1, 0.15) is 59.9 Å². The third-order valence-electron chi connectivity index (χ3n) is 5.72. The third-order valence-corrected chi connectivity index (χ3v) is 7.26. The van der Waals surface area contributed by atoms with Gasteiger partial charge in [-0.15, -0.1) is 10.2 Å². The number of ether oxygens (including phenoxy) is 1. The molecule has 1 amide bonds. The van der Waals surface area contributed by atoms with E-state index in [1.54, 1.807) is 43.1 Å². The van der Waals surface area contributed by atoms with Gasteiger partial charge >= 0.3 is 0 Å². The number of aromatic nitrogens is 3. The van der Waals surface area contributed by atoms with E-state index in [1.807, 2.05) is 0 Å². The molecule has 1 aliphatic rings. The highest BCUT2D eigenvalue weighted by atomic mass is 79.9. The molecule has 0 atom stereocenters. The molecule has 0 saturated heterocycles. The van der Waals surface area contributed by atoms with Crippen LogP contribution in [0.3, 0.4) is 0 Å². The zero-order valence-electron chi connectivity index (χ0n) is 18.1. The van der Waals surface area contributed by atoms with Gasteiger partial charge in [0.1, 0.15) is 5.75 Å². The van der Waals surface area contributed by atoms with Crippen LogP contribution in [-0.2, 0) is 12.3 Å². The van der Waals surface area contributed by atoms with Crippen molar-refractivity contribution in [1.82, 2.24) is 20.1 Å². The maximum Gasteiger partial charge on any atom is 0.251 e. The summed E-state index contributed by atoms with van der Waals surface area (Å²) < 4.78 is 8.50. The number of halogens is 1. The molecule has 0 radical (unpaired) electrons. The fraction of sp³-hybridized carbons (Fsp3) is 0.375. The number of carbonyl (C=O) groups is 1. The van der Waals surface area contributed by atoms with E-state index in [1.165, 1.54) is 24.8 Å². The molecule has 4 rings (SSSR count). The van der Waals surface area contributed by atoms with E-state index in [9.17, 15) is 4.79 Å². The summed E-state index contributed by atoms with van der Waals surface area (Å²) in [4.78, 5) is 12.6. The highest BCUT2D eigenvalue weighted by molar-refractivity contribution is 9.10. The summed E-state index contributed by atoms with van der Waals surface area (Å²) in [7, 11) is 1.61. The second-order valence-electron chi connectivity index (χ2n) is 7.89. The van der Waals surface area contributed by atoms with Gasteiger partial charge in [0.2, 0.25) is 0 Å². The van der Waals surface area contributed by atoms with Crippen LogP contribution >= 0.6 is 27.7 Å². The lowest BCUT2D eigenvalue weighted by molar-refractivity contribution is 0.0949. The Bertz CT molecular complexity index is 1030. The molecule has 1 aromatic heterocycles. The first-order valence-electron chi connectivity index (χ1n) is 10.9. The molecular weight excluding hydrogens is 488 g/mol. The topological polar surface area (TPSA) is 69.0 Å². The minimum absolute atomic E-state index is 0.130. The van der Waals surface area contributed by atoms with Crippen LogP contribution < -0.4 is 10.1 Å². The van der Waals surface area contributed by atoms with Gasteiger partial charge < -0.3 is 14.6 Å². The molecule has 0 bridgehead atoms. The van der Waals surface area contributed by atoms with Gasteiger partial charge in [0.15, 0.2) is 11.0 Å². The number of benzene rings is 2. The van der Waals surface area contributed by atoms with Gasteiger partial charge in [0.25, 0.3) is 5.91 Å². The number of rotatable bonds is 8. The smallest absolute Gasteiger partial charge is 0.251 e. The summed E-state index contributed by atoms with van der Waals surface area (Å²) in [5, 5.41) is 12.9. The van der Waals surface area contributed by atoms with Crippen LogP contribution in [0.2, 0.25) is 0 Å².